The van der Waals surface area contributed by atoms with Gasteiger partial charge in [-0.1, -0.05) is 91.3 Å². The number of imide groups is 1. The highest BCUT2D eigenvalue weighted by Crippen LogP contribution is 2.33. The molecule has 0 radical (unpaired) electrons. The highest BCUT2D eigenvalue weighted by atomic mass is 16.7. The van der Waals surface area contributed by atoms with E-state index < -0.39 is 145 Å². The molecule has 0 saturated carbocycles. The number of carboxylic acid groups (broad SMARTS) is 2. The van der Waals surface area contributed by atoms with Gasteiger partial charge in [-0.05, 0) is 53.9 Å². The van der Waals surface area contributed by atoms with Gasteiger partial charge in [-0.2, -0.15) is 0 Å². The standard InChI is InChI=1S/C58H88N8O19/c1-13-32(6)45(40(81-11)28-42(68)66-25-17-20-38(66)49(82-12)33(7)51(72)61-37(54(75)76)26-34-18-15-14-16-19-34)63(8)57(79)65(10)53(74)43(30(2)3)62-52(73)44(31(4)5)64(9)58(80)83-29-35-21-22-39(36(27-35)60-41(67)23-24-59)84-56-48(71)46(69)47(70)50(85-56)55(77)78/h14-16,18-19,21-22,27,30-33,37-38,40,43-50,56,69-71H,13,17,20,23-26,28-29,59H2,1-12H3,(H,60,67)(H,61,72)(H,62,73)(H,75,76)(H,77,78)/t32-,33+,37-,38-,40+,43-,44-,45-,46-,47-,48+,49+,50-,56+/m0/s1. The molecule has 2 aliphatic rings. The van der Waals surface area contributed by atoms with Crippen molar-refractivity contribution in [3.8, 4) is 5.75 Å². The van der Waals surface area contributed by atoms with Gasteiger partial charge in [0.15, 0.2) is 6.10 Å². The number of aliphatic hydroxyl groups is 3. The summed E-state index contributed by atoms with van der Waals surface area (Å²) in [5.74, 6) is -8.28. The molecule has 4 rings (SSSR count). The van der Waals surface area contributed by atoms with Crippen LogP contribution in [-0.4, -0.2) is 220 Å². The first-order valence-electron chi connectivity index (χ1n) is 28.4. The van der Waals surface area contributed by atoms with E-state index in [1.165, 1.54) is 58.5 Å². The minimum absolute atomic E-state index is 0.0366. The number of carbonyl (C=O) groups is 9. The summed E-state index contributed by atoms with van der Waals surface area (Å²) in [5, 5.41) is 58.4. The number of carboxylic acids is 2. The third kappa shape index (κ3) is 18.3. The van der Waals surface area contributed by atoms with Crippen molar-refractivity contribution < 1.29 is 92.4 Å². The largest absolute Gasteiger partial charge is 0.480 e. The second kappa shape index (κ2) is 32.5. The van der Waals surface area contributed by atoms with Crippen LogP contribution in [0.2, 0.25) is 0 Å². The Morgan fingerprint density at radius 1 is 0.812 bits per heavy atom. The third-order valence-corrected chi connectivity index (χ3v) is 15.7. The van der Waals surface area contributed by atoms with E-state index in [9.17, 15) is 68.7 Å². The van der Waals surface area contributed by atoms with Crippen LogP contribution in [0.1, 0.15) is 91.7 Å². The van der Waals surface area contributed by atoms with Crippen molar-refractivity contribution >= 4 is 59.3 Å². The smallest absolute Gasteiger partial charge is 0.410 e. The number of likely N-dealkylation sites (N-methyl/N-ethyl adjacent to an activating group) is 3. The third-order valence-electron chi connectivity index (χ3n) is 15.7. The Labute approximate surface area is 495 Å². The van der Waals surface area contributed by atoms with Gasteiger partial charge >= 0.3 is 24.1 Å². The molecule has 85 heavy (non-hydrogen) atoms. The lowest BCUT2D eigenvalue weighted by molar-refractivity contribution is -0.271. The van der Waals surface area contributed by atoms with E-state index in [4.69, 9.17) is 29.4 Å². The van der Waals surface area contributed by atoms with E-state index >= 15 is 0 Å². The summed E-state index contributed by atoms with van der Waals surface area (Å²) < 4.78 is 28.4. The van der Waals surface area contributed by atoms with Gasteiger partial charge in [-0.15, -0.1) is 0 Å². The number of rotatable bonds is 29. The van der Waals surface area contributed by atoms with E-state index in [1.807, 2.05) is 13.8 Å². The van der Waals surface area contributed by atoms with Gasteiger partial charge in [0.1, 0.15) is 48.8 Å². The monoisotopic (exact) mass is 1200 g/mol. The lowest BCUT2D eigenvalue weighted by Gasteiger charge is -2.40. The normalized spacial score (nSPS) is 21.5. The topological polar surface area (TPSA) is 376 Å². The van der Waals surface area contributed by atoms with Gasteiger partial charge in [0.05, 0.1) is 42.3 Å². The number of aliphatic hydroxyl groups excluding tert-OH is 3. The Morgan fingerprint density at radius 2 is 1.47 bits per heavy atom. The Morgan fingerprint density at radius 3 is 2.04 bits per heavy atom. The van der Waals surface area contributed by atoms with Crippen molar-refractivity contribution in [3.63, 3.8) is 0 Å². The maximum absolute atomic E-state index is 14.5. The fraction of sp³-hybridized carbons (Fsp3) is 0.638. The number of carbonyl (C=O) groups excluding carboxylic acids is 7. The molecule has 0 aliphatic carbocycles. The first kappa shape index (κ1) is 70.5. The summed E-state index contributed by atoms with van der Waals surface area (Å²) in [6.07, 6.45) is -11.0. The van der Waals surface area contributed by atoms with Crippen LogP contribution in [0.5, 0.6) is 5.75 Å². The molecule has 27 nitrogen and oxygen atoms in total. The molecule has 2 heterocycles. The van der Waals surface area contributed by atoms with E-state index in [0.717, 1.165) is 15.4 Å². The van der Waals surface area contributed by atoms with Crippen molar-refractivity contribution in [2.45, 2.75) is 167 Å². The number of amides is 8. The molecule has 2 aromatic carbocycles. The number of nitrogens with one attached hydrogen (secondary N) is 3. The number of anilines is 1. The number of nitrogens with zero attached hydrogens (tertiary/aromatic N) is 4. The number of nitrogens with two attached hydrogens (primary N) is 1. The summed E-state index contributed by atoms with van der Waals surface area (Å²) in [4.78, 5) is 126. The van der Waals surface area contributed by atoms with E-state index in [1.54, 1.807) is 69.9 Å². The molecule has 0 spiro atoms. The lowest BCUT2D eigenvalue weighted by Crippen LogP contribution is -2.61. The number of hydrogen-bond donors (Lipinski definition) is 9. The Balaban J connectivity index is 1.46. The fourth-order valence-electron chi connectivity index (χ4n) is 10.7. The first-order chi connectivity index (χ1) is 40.0. The van der Waals surface area contributed by atoms with E-state index in [0.29, 0.717) is 25.8 Å². The van der Waals surface area contributed by atoms with Crippen molar-refractivity contribution in [2.24, 2.45) is 29.4 Å². The van der Waals surface area contributed by atoms with Crippen LogP contribution >= 0.6 is 0 Å². The van der Waals surface area contributed by atoms with Crippen molar-refractivity contribution in [1.29, 1.82) is 0 Å². The highest BCUT2D eigenvalue weighted by Gasteiger charge is 2.49. The van der Waals surface area contributed by atoms with Crippen LogP contribution in [0.3, 0.4) is 0 Å². The molecule has 0 bridgehead atoms. The highest BCUT2D eigenvalue weighted by molar-refractivity contribution is 5.99. The molecule has 8 amide bonds. The number of methoxy groups -OCH3 is 2. The molecule has 10 N–H and O–H groups in total. The van der Waals surface area contributed by atoms with Gasteiger partial charge in [0, 0.05) is 61.3 Å². The van der Waals surface area contributed by atoms with Crippen LogP contribution in [0.25, 0.3) is 0 Å². The first-order valence-corrected chi connectivity index (χ1v) is 28.4. The molecule has 0 aromatic heterocycles. The van der Waals surface area contributed by atoms with Crippen molar-refractivity contribution in [3.05, 3.63) is 59.7 Å². The zero-order valence-electron chi connectivity index (χ0n) is 50.5. The summed E-state index contributed by atoms with van der Waals surface area (Å²) in [5.41, 5.74) is 6.50. The number of hydrogen-bond acceptors (Lipinski definition) is 18. The van der Waals surface area contributed by atoms with Gasteiger partial charge < -0.3 is 80.7 Å². The molecule has 0 unspecified atom stereocenters. The predicted molar refractivity (Wildman–Crippen MR) is 306 cm³/mol. The Bertz CT molecular complexity index is 2610. The number of aliphatic carboxylic acids is 2. The zero-order chi connectivity index (χ0) is 63.7. The predicted octanol–water partition coefficient (Wildman–Crippen LogP) is 1.76. The average molecular weight is 1200 g/mol. The Hall–Kier alpha value is -7.01. The number of urea groups is 1. The molecule has 2 fully saturated rings. The van der Waals surface area contributed by atoms with Gasteiger partial charge in [0.2, 0.25) is 29.9 Å². The zero-order valence-corrected chi connectivity index (χ0v) is 50.5. The summed E-state index contributed by atoms with van der Waals surface area (Å²) in [6.45, 7) is 12.0. The lowest BCUT2D eigenvalue weighted by atomic mass is 9.90. The molecular weight excluding hydrogens is 1110 g/mol. The van der Waals surface area contributed by atoms with E-state index in [-0.39, 0.29) is 54.6 Å². The van der Waals surface area contributed by atoms with Crippen LogP contribution in [0, 0.1) is 23.7 Å². The SMILES string of the molecule is CC[C@H](C)[C@@H]([C@@H](CC(=O)N1CCC[C@H]1[C@H](OC)[C@@H](C)C(=O)N[C@@H](Cc1ccccc1)C(=O)O)OC)N(C)C(=O)N(C)C(=O)[C@@H](NC(=O)[C@H](C(C)C)N(C)C(=O)OCc1ccc(O[C@@H]2O[C@H](C(=O)O)[C@@H](O)[C@H](O)[C@H]2O)c(NC(=O)CCN)c1)C(C)C. The molecule has 474 valence electrons. The number of benzene rings is 2. The quantitative estimate of drug-likeness (QED) is 0.0560. The van der Waals surface area contributed by atoms with Gasteiger partial charge in [-0.3, -0.25) is 33.8 Å². The van der Waals surface area contributed by atoms with Gasteiger partial charge in [0.25, 0.3) is 5.91 Å². The molecule has 2 aromatic rings. The van der Waals surface area contributed by atoms with E-state index in [2.05, 4.69) is 16.0 Å². The summed E-state index contributed by atoms with van der Waals surface area (Å²) in [6, 6.07) is 7.13. The van der Waals surface area contributed by atoms with Crippen LogP contribution in [0.4, 0.5) is 15.3 Å². The maximum Gasteiger partial charge on any atom is 0.410 e. The minimum atomic E-state index is -1.99. The van der Waals surface area contributed by atoms with Crippen LogP contribution < -0.4 is 26.4 Å². The summed E-state index contributed by atoms with van der Waals surface area (Å²) in [7, 11) is 6.94. The molecule has 2 saturated heterocycles. The Kier molecular flexibility index (Phi) is 26.9. The maximum atomic E-state index is 14.5. The van der Waals surface area contributed by atoms with Crippen LogP contribution in [-0.2, 0) is 65.5 Å². The minimum Gasteiger partial charge on any atom is -0.480 e. The molecule has 14 atom stereocenters. The van der Waals surface area contributed by atoms with Crippen molar-refractivity contribution in [1.82, 2.24) is 30.2 Å². The fourth-order valence-corrected chi connectivity index (χ4v) is 10.7. The summed E-state index contributed by atoms with van der Waals surface area (Å²) >= 11 is 0. The molecule has 2 aliphatic heterocycles. The molecule has 27 heteroatoms. The molecular formula is C58H88N8O19. The van der Waals surface area contributed by atoms with Crippen LogP contribution in [0.15, 0.2) is 48.5 Å². The number of likely N-dealkylation sites (tertiary alicyclic amines) is 1. The second-order valence-electron chi connectivity index (χ2n) is 22.4. The number of ether oxygens (including phenoxy) is 5. The average Bonchev–Trinajstić information content (AvgIpc) is 4.18. The second-order valence-corrected chi connectivity index (χ2v) is 22.4. The van der Waals surface area contributed by atoms with Crippen molar-refractivity contribution in [2.75, 3.05) is 53.8 Å². The van der Waals surface area contributed by atoms with Gasteiger partial charge in [-0.25, -0.2) is 19.2 Å².